The molecule has 1 fully saturated rings. The van der Waals surface area contributed by atoms with Crippen molar-refractivity contribution in [2.24, 2.45) is 5.73 Å². The number of rotatable bonds is 3. The van der Waals surface area contributed by atoms with E-state index in [-0.39, 0.29) is 0 Å². The van der Waals surface area contributed by atoms with Crippen molar-refractivity contribution in [3.63, 3.8) is 0 Å². The molecule has 1 aromatic heterocycles. The van der Waals surface area contributed by atoms with Crippen molar-refractivity contribution in [1.82, 2.24) is 10.2 Å². The highest BCUT2D eigenvalue weighted by Crippen LogP contribution is 2.26. The van der Waals surface area contributed by atoms with E-state index >= 15 is 0 Å². The Kier molecular flexibility index (Phi) is 2.56. The van der Waals surface area contributed by atoms with Gasteiger partial charge < -0.3 is 11.1 Å². The summed E-state index contributed by atoms with van der Waals surface area (Å²) >= 11 is 5.04. The number of aryl methyl sites for hydroxylation is 1. The van der Waals surface area contributed by atoms with Crippen LogP contribution in [-0.2, 0) is 0 Å². The van der Waals surface area contributed by atoms with Crippen LogP contribution >= 0.6 is 12.2 Å². The molecule has 3 N–H and O–H groups in total. The normalized spacial score (nSPS) is 15.1. The highest BCUT2D eigenvalue weighted by Gasteiger charge is 2.24. The van der Waals surface area contributed by atoms with Crippen LogP contribution in [0.4, 0.5) is 5.82 Å². The second kappa shape index (κ2) is 3.73. The predicted molar refractivity (Wildman–Crippen MR) is 64.0 cm³/mol. The van der Waals surface area contributed by atoms with Crippen molar-refractivity contribution in [1.29, 1.82) is 0 Å². The van der Waals surface area contributed by atoms with Crippen molar-refractivity contribution in [3.8, 4) is 0 Å². The van der Waals surface area contributed by atoms with E-state index in [1.165, 1.54) is 12.8 Å². The minimum atomic E-state index is 0.383. The topological polar surface area (TPSA) is 63.8 Å². The number of nitrogens with one attached hydrogen (secondary N) is 1. The predicted octanol–water partition coefficient (Wildman–Crippen LogP) is 1.30. The Labute approximate surface area is 94.3 Å². The van der Waals surface area contributed by atoms with Gasteiger partial charge in [-0.2, -0.15) is 5.10 Å². The molecule has 1 heterocycles. The molecule has 0 aliphatic heterocycles. The Morgan fingerprint density at radius 1 is 1.40 bits per heavy atom. The number of anilines is 1. The molecule has 1 aromatic rings. The molecule has 0 unspecified atom stereocenters. The van der Waals surface area contributed by atoms with E-state index in [0.717, 1.165) is 22.6 Å². The van der Waals surface area contributed by atoms with Crippen LogP contribution in [0, 0.1) is 13.8 Å². The number of hydrogen-bond acceptors (Lipinski definition) is 4. The first-order valence-electron chi connectivity index (χ1n) is 5.00. The maximum Gasteiger partial charge on any atom is 0.159 e. The van der Waals surface area contributed by atoms with Gasteiger partial charge >= 0.3 is 0 Å². The molecule has 15 heavy (non-hydrogen) atoms. The first-order valence-corrected chi connectivity index (χ1v) is 5.40. The molecule has 0 spiro atoms. The van der Waals surface area contributed by atoms with Gasteiger partial charge in [-0.3, -0.25) is 0 Å². The van der Waals surface area contributed by atoms with E-state index in [1.807, 2.05) is 13.8 Å². The maximum absolute atomic E-state index is 5.70. The molecule has 0 bridgehead atoms. The second-order valence-electron chi connectivity index (χ2n) is 3.92. The van der Waals surface area contributed by atoms with Gasteiger partial charge in [-0.05, 0) is 32.3 Å². The van der Waals surface area contributed by atoms with Crippen LogP contribution in [0.1, 0.15) is 29.7 Å². The Morgan fingerprint density at radius 2 is 2.07 bits per heavy atom. The van der Waals surface area contributed by atoms with E-state index in [2.05, 4.69) is 15.5 Å². The van der Waals surface area contributed by atoms with Gasteiger partial charge in [-0.1, -0.05) is 12.2 Å². The minimum absolute atomic E-state index is 0.383. The largest absolute Gasteiger partial charge is 0.389 e. The summed E-state index contributed by atoms with van der Waals surface area (Å²) in [6.45, 7) is 3.88. The zero-order valence-electron chi connectivity index (χ0n) is 8.87. The van der Waals surface area contributed by atoms with E-state index < -0.39 is 0 Å². The van der Waals surface area contributed by atoms with Crippen LogP contribution in [0.25, 0.3) is 0 Å². The molecule has 0 amide bonds. The molecule has 2 rings (SSSR count). The van der Waals surface area contributed by atoms with Crippen LogP contribution in [0.5, 0.6) is 0 Å². The van der Waals surface area contributed by atoms with Crippen LogP contribution in [0.3, 0.4) is 0 Å². The average molecular weight is 222 g/mol. The summed E-state index contributed by atoms with van der Waals surface area (Å²) in [5.41, 5.74) is 8.43. The molecule has 0 radical (unpaired) electrons. The fourth-order valence-electron chi connectivity index (χ4n) is 1.43. The van der Waals surface area contributed by atoms with Crippen LogP contribution in [0.15, 0.2) is 0 Å². The van der Waals surface area contributed by atoms with E-state index in [1.54, 1.807) is 0 Å². The fourth-order valence-corrected chi connectivity index (χ4v) is 1.68. The quantitative estimate of drug-likeness (QED) is 0.755. The van der Waals surface area contributed by atoms with Gasteiger partial charge in [0.2, 0.25) is 0 Å². The Hall–Kier alpha value is -1.23. The van der Waals surface area contributed by atoms with Gasteiger partial charge in [-0.25, -0.2) is 0 Å². The molecule has 1 saturated carbocycles. The van der Waals surface area contributed by atoms with E-state index in [9.17, 15) is 0 Å². The van der Waals surface area contributed by atoms with Crippen molar-refractivity contribution in [3.05, 3.63) is 16.8 Å². The highest BCUT2D eigenvalue weighted by molar-refractivity contribution is 7.80. The van der Waals surface area contributed by atoms with Crippen LogP contribution in [0.2, 0.25) is 0 Å². The SMILES string of the molecule is Cc1nnc(NC2CC2)c(C(N)=S)c1C. The first-order chi connectivity index (χ1) is 7.09. The van der Waals surface area contributed by atoms with Gasteiger partial charge in [0.15, 0.2) is 5.82 Å². The molecule has 5 heteroatoms. The summed E-state index contributed by atoms with van der Waals surface area (Å²) in [4.78, 5) is 0.383. The number of nitrogens with zero attached hydrogens (tertiary/aromatic N) is 2. The zero-order chi connectivity index (χ0) is 11.0. The fraction of sp³-hybridized carbons (Fsp3) is 0.500. The van der Waals surface area contributed by atoms with Gasteiger partial charge in [0.25, 0.3) is 0 Å². The maximum atomic E-state index is 5.70. The number of thiocarbonyl (C=S) groups is 1. The van der Waals surface area contributed by atoms with Gasteiger partial charge in [0, 0.05) is 6.04 Å². The van der Waals surface area contributed by atoms with Crippen LogP contribution < -0.4 is 11.1 Å². The van der Waals surface area contributed by atoms with Crippen molar-refractivity contribution in [2.75, 3.05) is 5.32 Å². The molecule has 4 nitrogen and oxygen atoms in total. The number of aromatic nitrogens is 2. The Morgan fingerprint density at radius 3 is 2.60 bits per heavy atom. The molecule has 1 aliphatic carbocycles. The standard InChI is InChI=1S/C10H14N4S/c1-5-6(2)13-14-10(8(5)9(11)15)12-7-3-4-7/h7H,3-4H2,1-2H3,(H2,11,15)(H,12,14). The Balaban J connectivity index is 2.42. The van der Waals surface area contributed by atoms with Crippen molar-refractivity contribution in [2.45, 2.75) is 32.7 Å². The smallest absolute Gasteiger partial charge is 0.159 e. The van der Waals surface area contributed by atoms with Gasteiger partial charge in [-0.15, -0.1) is 5.10 Å². The summed E-state index contributed by atoms with van der Waals surface area (Å²) in [5.74, 6) is 0.730. The summed E-state index contributed by atoms with van der Waals surface area (Å²) in [6.07, 6.45) is 2.37. The lowest BCUT2D eigenvalue weighted by Crippen LogP contribution is -2.18. The molecule has 80 valence electrons. The third kappa shape index (κ3) is 2.07. The minimum Gasteiger partial charge on any atom is -0.389 e. The van der Waals surface area contributed by atoms with E-state index in [0.29, 0.717) is 11.0 Å². The molecule has 0 saturated heterocycles. The van der Waals surface area contributed by atoms with Crippen molar-refractivity contribution >= 4 is 23.0 Å². The summed E-state index contributed by atoms with van der Waals surface area (Å²) in [5, 5.41) is 11.5. The van der Waals surface area contributed by atoms with E-state index in [4.69, 9.17) is 18.0 Å². The lowest BCUT2D eigenvalue weighted by atomic mass is 10.1. The monoisotopic (exact) mass is 222 g/mol. The number of hydrogen-bond donors (Lipinski definition) is 2. The summed E-state index contributed by atoms with van der Waals surface area (Å²) in [6, 6.07) is 0.523. The number of nitrogens with two attached hydrogens (primary N) is 1. The third-order valence-corrected chi connectivity index (χ3v) is 2.82. The van der Waals surface area contributed by atoms with Crippen molar-refractivity contribution < 1.29 is 0 Å². The zero-order valence-corrected chi connectivity index (χ0v) is 9.69. The molecule has 0 aromatic carbocycles. The molecular weight excluding hydrogens is 208 g/mol. The second-order valence-corrected chi connectivity index (χ2v) is 4.36. The lowest BCUT2D eigenvalue weighted by molar-refractivity contribution is 0.942. The lowest BCUT2D eigenvalue weighted by Gasteiger charge is -2.12. The highest BCUT2D eigenvalue weighted by atomic mass is 32.1. The third-order valence-electron chi connectivity index (χ3n) is 2.62. The molecular formula is C10H14N4S. The van der Waals surface area contributed by atoms with Crippen LogP contribution in [-0.4, -0.2) is 21.2 Å². The van der Waals surface area contributed by atoms with Gasteiger partial charge in [0.05, 0.1) is 11.3 Å². The summed E-state index contributed by atoms with van der Waals surface area (Å²) in [7, 11) is 0. The molecule has 1 aliphatic rings. The Bertz CT molecular complexity index is 412. The molecule has 0 atom stereocenters. The first kappa shape index (κ1) is 10.3. The van der Waals surface area contributed by atoms with Gasteiger partial charge in [0.1, 0.15) is 4.99 Å². The summed E-state index contributed by atoms with van der Waals surface area (Å²) < 4.78 is 0. The average Bonchev–Trinajstić information content (AvgIpc) is 2.95.